The fourth-order valence-corrected chi connectivity index (χ4v) is 2.67. The zero-order valence-corrected chi connectivity index (χ0v) is 11.4. The topological polar surface area (TPSA) is 15.3 Å². The molecule has 1 unspecified atom stereocenters. The first-order chi connectivity index (χ1) is 8.90. The predicted octanol–water partition coefficient (Wildman–Crippen LogP) is 3.40. The molecule has 0 amide bonds. The van der Waals surface area contributed by atoms with Gasteiger partial charge in [0, 0.05) is 23.8 Å². The van der Waals surface area contributed by atoms with Crippen molar-refractivity contribution < 1.29 is 13.2 Å². The fraction of sp³-hybridized carbons (Fsp3) is 0.538. The lowest BCUT2D eigenvalue weighted by Gasteiger charge is -2.20. The number of halogens is 4. The van der Waals surface area contributed by atoms with E-state index in [0.29, 0.717) is 11.6 Å². The molecular weight excluding hydrogens is 277 g/mol. The summed E-state index contributed by atoms with van der Waals surface area (Å²) >= 11 is 5.79. The molecule has 1 N–H and O–H groups in total. The molecule has 1 fully saturated rings. The van der Waals surface area contributed by atoms with Crippen molar-refractivity contribution in [2.24, 2.45) is 5.92 Å². The number of hydrogen-bond donors (Lipinski definition) is 1. The van der Waals surface area contributed by atoms with Gasteiger partial charge in [-0.3, -0.25) is 0 Å². The standard InChI is InChI=1S/C13H16ClF3N2/c1-18-7-9-2-3-19(8-9)12-5-10(13(15,16)17)4-11(14)6-12/h4-6,9,18H,2-3,7-8H2,1H3. The average Bonchev–Trinajstić information content (AvgIpc) is 2.76. The van der Waals surface area contributed by atoms with E-state index in [0.717, 1.165) is 32.1 Å². The summed E-state index contributed by atoms with van der Waals surface area (Å²) < 4.78 is 38.2. The summed E-state index contributed by atoms with van der Waals surface area (Å²) in [6, 6.07) is 3.73. The van der Waals surface area contributed by atoms with Crippen LogP contribution in [0, 0.1) is 5.92 Å². The molecule has 1 saturated heterocycles. The van der Waals surface area contributed by atoms with Crippen LogP contribution in [-0.4, -0.2) is 26.7 Å². The smallest absolute Gasteiger partial charge is 0.371 e. The Morgan fingerprint density at radius 3 is 2.74 bits per heavy atom. The maximum Gasteiger partial charge on any atom is 0.416 e. The van der Waals surface area contributed by atoms with Gasteiger partial charge in [0.05, 0.1) is 5.56 Å². The molecule has 106 valence electrons. The lowest BCUT2D eigenvalue weighted by atomic mass is 10.1. The first-order valence-electron chi connectivity index (χ1n) is 6.17. The first kappa shape index (κ1) is 14.5. The first-order valence-corrected chi connectivity index (χ1v) is 6.55. The molecule has 1 aromatic carbocycles. The monoisotopic (exact) mass is 292 g/mol. The Balaban J connectivity index is 2.19. The largest absolute Gasteiger partial charge is 0.416 e. The number of benzene rings is 1. The van der Waals surface area contributed by atoms with Gasteiger partial charge in [0.15, 0.2) is 0 Å². The second-order valence-corrected chi connectivity index (χ2v) is 5.29. The summed E-state index contributed by atoms with van der Waals surface area (Å²) in [5, 5.41) is 3.22. The van der Waals surface area contributed by atoms with Crippen LogP contribution in [0.4, 0.5) is 18.9 Å². The van der Waals surface area contributed by atoms with Crippen molar-refractivity contribution in [1.29, 1.82) is 0 Å². The van der Waals surface area contributed by atoms with Crippen molar-refractivity contribution in [2.45, 2.75) is 12.6 Å². The van der Waals surface area contributed by atoms with Crippen LogP contribution < -0.4 is 10.2 Å². The van der Waals surface area contributed by atoms with Crippen LogP contribution in [0.5, 0.6) is 0 Å². The van der Waals surface area contributed by atoms with E-state index in [1.807, 2.05) is 11.9 Å². The van der Waals surface area contributed by atoms with Gasteiger partial charge >= 0.3 is 6.18 Å². The summed E-state index contributed by atoms with van der Waals surface area (Å²) in [7, 11) is 1.88. The summed E-state index contributed by atoms with van der Waals surface area (Å²) in [5.41, 5.74) is -0.134. The molecular formula is C13H16ClF3N2. The number of alkyl halides is 3. The highest BCUT2D eigenvalue weighted by molar-refractivity contribution is 6.30. The third-order valence-electron chi connectivity index (χ3n) is 3.35. The molecule has 19 heavy (non-hydrogen) atoms. The molecule has 0 aromatic heterocycles. The van der Waals surface area contributed by atoms with Crippen molar-refractivity contribution in [3.8, 4) is 0 Å². The molecule has 0 saturated carbocycles. The molecule has 6 heteroatoms. The molecule has 2 nitrogen and oxygen atoms in total. The highest BCUT2D eigenvalue weighted by Crippen LogP contribution is 2.35. The van der Waals surface area contributed by atoms with E-state index in [9.17, 15) is 13.2 Å². The third-order valence-corrected chi connectivity index (χ3v) is 3.57. The second kappa shape index (κ2) is 5.59. The summed E-state index contributed by atoms with van der Waals surface area (Å²) in [6.07, 6.45) is -3.38. The van der Waals surface area contributed by atoms with Gasteiger partial charge in [-0.1, -0.05) is 11.6 Å². The van der Waals surface area contributed by atoms with Gasteiger partial charge < -0.3 is 10.2 Å². The lowest BCUT2D eigenvalue weighted by molar-refractivity contribution is -0.137. The van der Waals surface area contributed by atoms with Crippen LogP contribution >= 0.6 is 11.6 Å². The van der Waals surface area contributed by atoms with Crippen molar-refractivity contribution in [3.05, 3.63) is 28.8 Å². The van der Waals surface area contributed by atoms with Crippen LogP contribution in [-0.2, 0) is 6.18 Å². The molecule has 1 atom stereocenters. The molecule has 1 aliphatic rings. The average molecular weight is 293 g/mol. The van der Waals surface area contributed by atoms with E-state index in [1.54, 1.807) is 6.07 Å². The molecule has 1 heterocycles. The van der Waals surface area contributed by atoms with Gasteiger partial charge in [-0.05, 0) is 44.1 Å². The fourth-order valence-electron chi connectivity index (χ4n) is 2.44. The minimum absolute atomic E-state index is 0.127. The van der Waals surface area contributed by atoms with Crippen LogP contribution in [0.2, 0.25) is 5.02 Å². The highest BCUT2D eigenvalue weighted by atomic mass is 35.5. The Bertz CT molecular complexity index is 448. The van der Waals surface area contributed by atoms with E-state index in [2.05, 4.69) is 5.32 Å². The quantitative estimate of drug-likeness (QED) is 0.918. The van der Waals surface area contributed by atoms with Crippen molar-refractivity contribution in [3.63, 3.8) is 0 Å². The molecule has 0 radical (unpaired) electrons. The maximum absolute atomic E-state index is 12.7. The van der Waals surface area contributed by atoms with Crippen LogP contribution in [0.3, 0.4) is 0 Å². The molecule has 0 bridgehead atoms. The molecule has 2 rings (SSSR count). The van der Waals surface area contributed by atoms with Gasteiger partial charge in [0.1, 0.15) is 0 Å². The summed E-state index contributed by atoms with van der Waals surface area (Å²) in [6.45, 7) is 2.41. The van der Waals surface area contributed by atoms with Crippen LogP contribution in [0.15, 0.2) is 18.2 Å². The second-order valence-electron chi connectivity index (χ2n) is 4.85. The number of nitrogens with one attached hydrogen (secondary N) is 1. The van der Waals surface area contributed by atoms with E-state index in [-0.39, 0.29) is 5.02 Å². The van der Waals surface area contributed by atoms with Crippen molar-refractivity contribution >= 4 is 17.3 Å². The number of anilines is 1. The molecule has 0 spiro atoms. The van der Waals surface area contributed by atoms with Crippen molar-refractivity contribution in [1.82, 2.24) is 5.32 Å². The predicted molar refractivity (Wildman–Crippen MR) is 70.7 cm³/mol. The van der Waals surface area contributed by atoms with E-state index < -0.39 is 11.7 Å². The normalized spacial score (nSPS) is 20.1. The van der Waals surface area contributed by atoms with Gasteiger partial charge in [-0.25, -0.2) is 0 Å². The van der Waals surface area contributed by atoms with Crippen molar-refractivity contribution in [2.75, 3.05) is 31.6 Å². The Morgan fingerprint density at radius 1 is 1.37 bits per heavy atom. The summed E-state index contributed by atoms with van der Waals surface area (Å²) in [4.78, 5) is 1.96. The summed E-state index contributed by atoms with van der Waals surface area (Å²) in [5.74, 6) is 0.471. The van der Waals surface area contributed by atoms with E-state index in [1.165, 1.54) is 6.07 Å². The van der Waals surface area contributed by atoms with Gasteiger partial charge in [-0.2, -0.15) is 13.2 Å². The minimum Gasteiger partial charge on any atom is -0.371 e. The minimum atomic E-state index is -4.36. The van der Waals surface area contributed by atoms with Crippen LogP contribution in [0.25, 0.3) is 0 Å². The molecule has 1 aliphatic heterocycles. The van der Waals surface area contributed by atoms with Gasteiger partial charge in [0.25, 0.3) is 0 Å². The Morgan fingerprint density at radius 2 is 2.11 bits per heavy atom. The maximum atomic E-state index is 12.7. The van der Waals surface area contributed by atoms with Gasteiger partial charge in [0.2, 0.25) is 0 Å². The Kier molecular flexibility index (Phi) is 4.26. The van der Waals surface area contributed by atoms with E-state index in [4.69, 9.17) is 11.6 Å². The molecule has 1 aromatic rings. The third kappa shape index (κ3) is 3.54. The van der Waals surface area contributed by atoms with E-state index >= 15 is 0 Å². The Labute approximate surface area is 115 Å². The van der Waals surface area contributed by atoms with Crippen LogP contribution in [0.1, 0.15) is 12.0 Å². The van der Waals surface area contributed by atoms with Gasteiger partial charge in [-0.15, -0.1) is 0 Å². The SMILES string of the molecule is CNCC1CCN(c2cc(Cl)cc(C(F)(F)F)c2)C1. The zero-order chi connectivity index (χ0) is 14.0. The zero-order valence-electron chi connectivity index (χ0n) is 10.6. The molecule has 0 aliphatic carbocycles. The lowest BCUT2D eigenvalue weighted by Crippen LogP contribution is -2.24. The number of nitrogens with zero attached hydrogens (tertiary/aromatic N) is 1. The number of rotatable bonds is 3. The Hall–Kier alpha value is -0.940. The number of hydrogen-bond acceptors (Lipinski definition) is 2. The highest BCUT2D eigenvalue weighted by Gasteiger charge is 2.32.